The number of rotatable bonds is 6. The fourth-order valence-corrected chi connectivity index (χ4v) is 2.14. The van der Waals surface area contributed by atoms with Crippen LogP contribution in [0.15, 0.2) is 48.5 Å². The first kappa shape index (κ1) is 17.7. The van der Waals surface area contributed by atoms with Crippen LogP contribution in [-0.2, 0) is 20.7 Å². The highest BCUT2D eigenvalue weighted by Crippen LogP contribution is 2.17. The van der Waals surface area contributed by atoms with E-state index in [-0.39, 0.29) is 12.0 Å². The smallest absolute Gasteiger partial charge is 0.310 e. The van der Waals surface area contributed by atoms with Gasteiger partial charge in [-0.1, -0.05) is 44.2 Å². The molecule has 0 bridgehead atoms. The van der Waals surface area contributed by atoms with Gasteiger partial charge in [-0.25, -0.2) is 4.39 Å². The molecule has 1 N–H and O–H groups in total. The van der Waals surface area contributed by atoms with Crippen LogP contribution in [0, 0.1) is 5.82 Å². The highest BCUT2D eigenvalue weighted by atomic mass is 19.1. The molecule has 0 saturated heterocycles. The van der Waals surface area contributed by atoms with Gasteiger partial charge in [-0.15, -0.1) is 0 Å². The van der Waals surface area contributed by atoms with Crippen molar-refractivity contribution in [3.63, 3.8) is 0 Å². The lowest BCUT2D eigenvalue weighted by Crippen LogP contribution is -2.21. The second-order valence-electron chi connectivity index (χ2n) is 5.75. The van der Waals surface area contributed by atoms with Crippen molar-refractivity contribution in [3.8, 4) is 0 Å². The summed E-state index contributed by atoms with van der Waals surface area (Å²) in [7, 11) is 0. The molecular weight excluding hydrogens is 309 g/mol. The third-order valence-corrected chi connectivity index (χ3v) is 3.52. The Hall–Kier alpha value is -2.69. The van der Waals surface area contributed by atoms with Crippen LogP contribution in [0.3, 0.4) is 0 Å². The van der Waals surface area contributed by atoms with Crippen molar-refractivity contribution in [1.82, 2.24) is 0 Å². The second kappa shape index (κ2) is 8.24. The van der Waals surface area contributed by atoms with Crippen molar-refractivity contribution in [2.24, 2.45) is 0 Å². The van der Waals surface area contributed by atoms with E-state index < -0.39 is 24.3 Å². The number of hydrogen-bond acceptors (Lipinski definition) is 3. The minimum Gasteiger partial charge on any atom is -0.455 e. The van der Waals surface area contributed by atoms with Crippen LogP contribution >= 0.6 is 0 Å². The Balaban J connectivity index is 1.80. The molecule has 0 heterocycles. The topological polar surface area (TPSA) is 55.4 Å². The molecule has 0 fully saturated rings. The van der Waals surface area contributed by atoms with Crippen LogP contribution in [-0.4, -0.2) is 18.5 Å². The molecule has 0 aliphatic carbocycles. The van der Waals surface area contributed by atoms with Gasteiger partial charge in [-0.2, -0.15) is 0 Å². The number of benzene rings is 2. The summed E-state index contributed by atoms with van der Waals surface area (Å²) in [4.78, 5) is 23.5. The lowest BCUT2D eigenvalue weighted by Gasteiger charge is -2.09. The van der Waals surface area contributed by atoms with E-state index in [0.717, 1.165) is 0 Å². The molecule has 0 saturated carbocycles. The number of esters is 1. The zero-order valence-electron chi connectivity index (χ0n) is 13.7. The van der Waals surface area contributed by atoms with Gasteiger partial charge in [0, 0.05) is 5.69 Å². The molecule has 4 nitrogen and oxygen atoms in total. The Bertz CT molecular complexity index is 711. The van der Waals surface area contributed by atoms with Crippen LogP contribution in [0.25, 0.3) is 0 Å². The van der Waals surface area contributed by atoms with Crippen LogP contribution in [0.2, 0.25) is 0 Å². The maximum absolute atomic E-state index is 13.4. The lowest BCUT2D eigenvalue weighted by atomic mass is 10.0. The predicted octanol–water partition coefficient (Wildman–Crippen LogP) is 3.67. The van der Waals surface area contributed by atoms with Crippen LogP contribution in [0.4, 0.5) is 10.1 Å². The van der Waals surface area contributed by atoms with Crippen molar-refractivity contribution < 1.29 is 18.7 Å². The van der Waals surface area contributed by atoms with Crippen molar-refractivity contribution in [1.29, 1.82) is 0 Å². The zero-order chi connectivity index (χ0) is 17.5. The number of amides is 1. The first-order chi connectivity index (χ1) is 11.5. The van der Waals surface area contributed by atoms with Gasteiger partial charge < -0.3 is 10.1 Å². The monoisotopic (exact) mass is 329 g/mol. The SMILES string of the molecule is CC(C)c1ccc(NC(=O)COC(=O)Cc2ccccc2F)cc1. The highest BCUT2D eigenvalue weighted by Gasteiger charge is 2.11. The van der Waals surface area contributed by atoms with Gasteiger partial charge >= 0.3 is 5.97 Å². The van der Waals surface area contributed by atoms with E-state index in [4.69, 9.17) is 4.74 Å². The van der Waals surface area contributed by atoms with Gasteiger partial charge in [-0.3, -0.25) is 9.59 Å². The Morgan fingerprint density at radius 1 is 1.08 bits per heavy atom. The third kappa shape index (κ3) is 5.19. The van der Waals surface area contributed by atoms with Crippen LogP contribution in [0.1, 0.15) is 30.9 Å². The number of halogens is 1. The predicted molar refractivity (Wildman–Crippen MR) is 90.2 cm³/mol. The van der Waals surface area contributed by atoms with Crippen LogP contribution in [0.5, 0.6) is 0 Å². The molecule has 0 aliphatic rings. The largest absolute Gasteiger partial charge is 0.455 e. The second-order valence-corrected chi connectivity index (χ2v) is 5.75. The number of anilines is 1. The molecule has 2 aromatic rings. The van der Waals surface area contributed by atoms with Gasteiger partial charge in [0.15, 0.2) is 6.61 Å². The molecule has 2 aromatic carbocycles. The van der Waals surface area contributed by atoms with Gasteiger partial charge in [0.05, 0.1) is 6.42 Å². The molecule has 0 atom stereocenters. The average Bonchev–Trinajstić information content (AvgIpc) is 2.55. The zero-order valence-corrected chi connectivity index (χ0v) is 13.7. The summed E-state index contributed by atoms with van der Waals surface area (Å²) in [5.74, 6) is -1.14. The van der Waals surface area contributed by atoms with Crippen molar-refractivity contribution in [3.05, 3.63) is 65.5 Å². The van der Waals surface area contributed by atoms with E-state index in [9.17, 15) is 14.0 Å². The fourth-order valence-electron chi connectivity index (χ4n) is 2.14. The molecule has 126 valence electrons. The summed E-state index contributed by atoms with van der Waals surface area (Å²) in [5.41, 5.74) is 2.05. The molecular formula is C19H20FNO3. The molecule has 0 radical (unpaired) electrons. The van der Waals surface area contributed by atoms with E-state index in [1.807, 2.05) is 12.1 Å². The minimum atomic E-state index is -0.648. The quantitative estimate of drug-likeness (QED) is 0.823. The first-order valence-electron chi connectivity index (χ1n) is 7.74. The molecule has 0 unspecified atom stereocenters. The molecule has 2 rings (SSSR count). The normalized spacial score (nSPS) is 10.5. The first-order valence-corrected chi connectivity index (χ1v) is 7.74. The number of carbonyl (C=O) groups excluding carboxylic acids is 2. The molecule has 1 amide bonds. The van der Waals surface area contributed by atoms with E-state index in [0.29, 0.717) is 11.6 Å². The van der Waals surface area contributed by atoms with Gasteiger partial charge in [0.25, 0.3) is 5.91 Å². The van der Waals surface area contributed by atoms with Gasteiger partial charge in [0.1, 0.15) is 5.82 Å². The summed E-state index contributed by atoms with van der Waals surface area (Å²) < 4.78 is 18.3. The fraction of sp³-hybridized carbons (Fsp3) is 0.263. The Morgan fingerprint density at radius 2 is 1.75 bits per heavy atom. The van der Waals surface area contributed by atoms with E-state index >= 15 is 0 Å². The number of ether oxygens (including phenoxy) is 1. The molecule has 0 spiro atoms. The molecule has 0 aliphatic heterocycles. The van der Waals surface area contributed by atoms with E-state index in [1.165, 1.54) is 17.7 Å². The number of nitrogens with one attached hydrogen (secondary N) is 1. The minimum absolute atomic E-state index is 0.205. The maximum atomic E-state index is 13.4. The summed E-state index contributed by atoms with van der Waals surface area (Å²) in [6, 6.07) is 13.4. The maximum Gasteiger partial charge on any atom is 0.310 e. The summed E-state index contributed by atoms with van der Waals surface area (Å²) >= 11 is 0. The Morgan fingerprint density at radius 3 is 2.38 bits per heavy atom. The standard InChI is InChI=1S/C19H20FNO3/c1-13(2)14-7-9-16(10-8-14)21-18(22)12-24-19(23)11-15-5-3-4-6-17(15)20/h3-10,13H,11-12H2,1-2H3,(H,21,22). The van der Waals surface area contributed by atoms with Crippen molar-refractivity contribution in [2.75, 3.05) is 11.9 Å². The summed E-state index contributed by atoms with van der Waals surface area (Å²) in [5, 5.41) is 2.65. The molecule has 0 aromatic heterocycles. The van der Waals surface area contributed by atoms with Crippen LogP contribution < -0.4 is 5.32 Å². The van der Waals surface area contributed by atoms with Crippen molar-refractivity contribution in [2.45, 2.75) is 26.2 Å². The van der Waals surface area contributed by atoms with E-state index in [2.05, 4.69) is 19.2 Å². The number of hydrogen-bond donors (Lipinski definition) is 1. The van der Waals surface area contributed by atoms with Crippen molar-refractivity contribution >= 4 is 17.6 Å². The van der Waals surface area contributed by atoms with E-state index in [1.54, 1.807) is 24.3 Å². The highest BCUT2D eigenvalue weighted by molar-refractivity contribution is 5.92. The Labute approximate surface area is 140 Å². The van der Waals surface area contributed by atoms with Gasteiger partial charge in [-0.05, 0) is 35.2 Å². The average molecular weight is 329 g/mol. The van der Waals surface area contributed by atoms with Gasteiger partial charge in [0.2, 0.25) is 0 Å². The summed E-state index contributed by atoms with van der Waals surface area (Å²) in [6.45, 7) is 3.77. The Kier molecular flexibility index (Phi) is 6.07. The molecule has 5 heteroatoms. The summed E-state index contributed by atoms with van der Waals surface area (Å²) in [6.07, 6.45) is -0.205. The molecule has 24 heavy (non-hydrogen) atoms. The number of carbonyl (C=O) groups is 2. The third-order valence-electron chi connectivity index (χ3n) is 3.52. The lowest BCUT2D eigenvalue weighted by molar-refractivity contribution is -0.146.